The van der Waals surface area contributed by atoms with Crippen LogP contribution < -0.4 is 9.62 Å². The molecule has 0 heterocycles. The molecule has 0 aliphatic rings. The number of hydrogen-bond donors (Lipinski definition) is 1. The zero-order valence-corrected chi connectivity index (χ0v) is 16.5. The van der Waals surface area contributed by atoms with E-state index in [1.54, 1.807) is 36.4 Å². The number of aryl methyl sites for hydroxylation is 2. The first-order chi connectivity index (χ1) is 12.6. The van der Waals surface area contributed by atoms with Crippen molar-refractivity contribution < 1.29 is 22.7 Å². The number of nitrogens with zero attached hydrogens (tertiary/aromatic N) is 1. The lowest BCUT2D eigenvalue weighted by Gasteiger charge is -2.22. The Morgan fingerprint density at radius 3 is 2.37 bits per heavy atom. The first-order valence-electron chi connectivity index (χ1n) is 8.15. The van der Waals surface area contributed by atoms with E-state index in [-0.39, 0.29) is 12.1 Å². The van der Waals surface area contributed by atoms with Crippen LogP contribution in [0.5, 0.6) is 0 Å². The zero-order chi connectivity index (χ0) is 20.2. The number of hydrogen-bond acceptors (Lipinski definition) is 5. The second-order valence-corrected chi connectivity index (χ2v) is 8.07. The van der Waals surface area contributed by atoms with Crippen molar-refractivity contribution in [1.82, 2.24) is 0 Å². The molecule has 0 radical (unpaired) electrons. The lowest BCUT2D eigenvalue weighted by molar-refractivity contribution is -0.114. The van der Waals surface area contributed by atoms with E-state index in [2.05, 4.69) is 10.1 Å². The van der Waals surface area contributed by atoms with Gasteiger partial charge in [-0.1, -0.05) is 12.1 Å². The molecule has 0 saturated carbocycles. The van der Waals surface area contributed by atoms with Crippen molar-refractivity contribution in [2.45, 2.75) is 13.8 Å². The lowest BCUT2D eigenvalue weighted by atomic mass is 10.1. The molecule has 2 aromatic carbocycles. The van der Waals surface area contributed by atoms with Gasteiger partial charge >= 0.3 is 5.97 Å². The van der Waals surface area contributed by atoms with Crippen molar-refractivity contribution in [3.8, 4) is 0 Å². The van der Waals surface area contributed by atoms with Crippen LogP contribution in [0, 0.1) is 13.8 Å². The Bertz CT molecular complexity index is 970. The van der Waals surface area contributed by atoms with E-state index in [9.17, 15) is 18.0 Å². The van der Waals surface area contributed by atoms with Crippen molar-refractivity contribution >= 4 is 33.3 Å². The number of amides is 1. The fourth-order valence-corrected chi connectivity index (χ4v) is 3.30. The first kappa shape index (κ1) is 20.4. The average Bonchev–Trinajstić information content (AvgIpc) is 2.60. The highest BCUT2D eigenvalue weighted by Gasteiger charge is 2.21. The Balaban J connectivity index is 2.22. The highest BCUT2D eigenvalue weighted by atomic mass is 32.2. The number of benzene rings is 2. The lowest BCUT2D eigenvalue weighted by Crippen LogP contribution is -2.37. The van der Waals surface area contributed by atoms with Gasteiger partial charge in [0, 0.05) is 5.69 Å². The Morgan fingerprint density at radius 2 is 1.78 bits per heavy atom. The molecule has 144 valence electrons. The van der Waals surface area contributed by atoms with Crippen molar-refractivity contribution in [2.24, 2.45) is 0 Å². The SMILES string of the molecule is COC(=O)c1cccc(NC(=O)CN(c2ccc(C)c(C)c2)S(C)(=O)=O)c1. The Labute approximate surface area is 159 Å². The van der Waals surface area contributed by atoms with Gasteiger partial charge < -0.3 is 10.1 Å². The molecular formula is C19H22N2O5S. The number of sulfonamides is 1. The van der Waals surface area contributed by atoms with Crippen LogP contribution in [0.4, 0.5) is 11.4 Å². The molecule has 0 aliphatic heterocycles. The van der Waals surface area contributed by atoms with Crippen LogP contribution in [0.1, 0.15) is 21.5 Å². The minimum Gasteiger partial charge on any atom is -0.465 e. The maximum Gasteiger partial charge on any atom is 0.337 e. The van der Waals surface area contributed by atoms with Crippen LogP contribution in [0.25, 0.3) is 0 Å². The number of ether oxygens (including phenoxy) is 1. The van der Waals surface area contributed by atoms with Crippen LogP contribution >= 0.6 is 0 Å². The summed E-state index contributed by atoms with van der Waals surface area (Å²) < 4.78 is 30.1. The number of carbonyl (C=O) groups is 2. The maximum absolute atomic E-state index is 12.4. The van der Waals surface area contributed by atoms with Gasteiger partial charge in [0.05, 0.1) is 24.6 Å². The maximum atomic E-state index is 12.4. The van der Waals surface area contributed by atoms with Gasteiger partial charge in [0.25, 0.3) is 0 Å². The van der Waals surface area contributed by atoms with Gasteiger partial charge in [-0.25, -0.2) is 13.2 Å². The van der Waals surface area contributed by atoms with E-state index in [4.69, 9.17) is 0 Å². The summed E-state index contributed by atoms with van der Waals surface area (Å²) in [5, 5.41) is 2.61. The quantitative estimate of drug-likeness (QED) is 0.765. The number of nitrogens with one attached hydrogen (secondary N) is 1. The van der Waals surface area contributed by atoms with Gasteiger partial charge in [-0.05, 0) is 55.3 Å². The topological polar surface area (TPSA) is 92.8 Å². The molecule has 0 bridgehead atoms. The number of anilines is 2. The van der Waals surface area contributed by atoms with Crippen LogP contribution in [-0.4, -0.2) is 40.2 Å². The van der Waals surface area contributed by atoms with Gasteiger partial charge in [0.15, 0.2) is 0 Å². The summed E-state index contributed by atoms with van der Waals surface area (Å²) in [5.74, 6) is -1.06. The number of carbonyl (C=O) groups excluding carboxylic acids is 2. The zero-order valence-electron chi connectivity index (χ0n) is 15.6. The highest BCUT2D eigenvalue weighted by Crippen LogP contribution is 2.21. The third-order valence-electron chi connectivity index (χ3n) is 4.03. The molecule has 0 aliphatic carbocycles. The molecule has 0 saturated heterocycles. The molecule has 0 fully saturated rings. The Hall–Kier alpha value is -2.87. The van der Waals surface area contributed by atoms with Crippen molar-refractivity contribution in [1.29, 1.82) is 0 Å². The van der Waals surface area contributed by atoms with Gasteiger partial charge in [-0.15, -0.1) is 0 Å². The largest absolute Gasteiger partial charge is 0.465 e. The molecule has 0 aromatic heterocycles. The molecule has 0 unspecified atom stereocenters. The highest BCUT2D eigenvalue weighted by molar-refractivity contribution is 7.92. The fraction of sp³-hybridized carbons (Fsp3) is 0.263. The second kappa shape index (κ2) is 8.22. The standard InChI is InChI=1S/C19H22N2O5S/c1-13-8-9-17(10-14(13)2)21(27(4,24)25)12-18(22)20-16-7-5-6-15(11-16)19(23)26-3/h5-11H,12H2,1-4H3,(H,20,22). The third kappa shape index (κ3) is 5.30. The third-order valence-corrected chi connectivity index (χ3v) is 5.17. The number of rotatable bonds is 6. The van der Waals surface area contributed by atoms with E-state index in [1.807, 2.05) is 13.8 Å². The number of methoxy groups -OCH3 is 1. The summed E-state index contributed by atoms with van der Waals surface area (Å²) in [4.78, 5) is 24.0. The van der Waals surface area contributed by atoms with Gasteiger partial charge in [0.1, 0.15) is 6.54 Å². The molecule has 1 N–H and O–H groups in total. The van der Waals surface area contributed by atoms with E-state index >= 15 is 0 Å². The summed E-state index contributed by atoms with van der Waals surface area (Å²) >= 11 is 0. The predicted molar refractivity (Wildman–Crippen MR) is 105 cm³/mol. The van der Waals surface area contributed by atoms with Crippen LogP contribution in [0.15, 0.2) is 42.5 Å². The summed E-state index contributed by atoms with van der Waals surface area (Å²) in [6.07, 6.45) is 1.05. The van der Waals surface area contributed by atoms with Gasteiger partial charge in [-0.2, -0.15) is 0 Å². The monoisotopic (exact) mass is 390 g/mol. The fourth-order valence-electron chi connectivity index (χ4n) is 2.45. The van der Waals surface area contributed by atoms with Crippen molar-refractivity contribution in [3.63, 3.8) is 0 Å². The van der Waals surface area contributed by atoms with Crippen LogP contribution in [0.3, 0.4) is 0 Å². The molecular weight excluding hydrogens is 368 g/mol. The minimum atomic E-state index is -3.66. The molecule has 0 spiro atoms. The first-order valence-corrected chi connectivity index (χ1v) is 10.00. The van der Waals surface area contributed by atoms with Gasteiger partial charge in [-0.3, -0.25) is 9.10 Å². The molecule has 7 nitrogen and oxygen atoms in total. The van der Waals surface area contributed by atoms with E-state index in [1.165, 1.54) is 13.2 Å². The summed E-state index contributed by atoms with van der Waals surface area (Å²) in [7, 11) is -2.40. The average molecular weight is 390 g/mol. The molecule has 1 amide bonds. The molecule has 27 heavy (non-hydrogen) atoms. The number of esters is 1. The van der Waals surface area contributed by atoms with Crippen LogP contribution in [-0.2, 0) is 19.6 Å². The van der Waals surface area contributed by atoms with Crippen molar-refractivity contribution in [3.05, 3.63) is 59.2 Å². The summed E-state index contributed by atoms with van der Waals surface area (Å²) in [6, 6.07) is 11.4. The minimum absolute atomic E-state index is 0.282. The molecule has 2 aromatic rings. The molecule has 0 atom stereocenters. The molecule has 2 rings (SSSR count). The normalized spacial score (nSPS) is 11.0. The second-order valence-electron chi connectivity index (χ2n) is 6.16. The smallest absolute Gasteiger partial charge is 0.337 e. The Kier molecular flexibility index (Phi) is 6.22. The van der Waals surface area contributed by atoms with Crippen LogP contribution in [0.2, 0.25) is 0 Å². The summed E-state index contributed by atoms with van der Waals surface area (Å²) in [5.41, 5.74) is 3.02. The predicted octanol–water partition coefficient (Wildman–Crippen LogP) is 2.49. The van der Waals surface area contributed by atoms with E-state index in [0.29, 0.717) is 11.4 Å². The van der Waals surface area contributed by atoms with Gasteiger partial charge in [0.2, 0.25) is 15.9 Å². The molecule has 8 heteroatoms. The van der Waals surface area contributed by atoms with E-state index in [0.717, 1.165) is 21.7 Å². The summed E-state index contributed by atoms with van der Waals surface area (Å²) in [6.45, 7) is 3.41. The van der Waals surface area contributed by atoms with E-state index < -0.39 is 21.9 Å². The Morgan fingerprint density at radius 1 is 1.07 bits per heavy atom. The van der Waals surface area contributed by atoms with Crippen molar-refractivity contribution in [2.75, 3.05) is 29.5 Å².